The van der Waals surface area contributed by atoms with E-state index in [1.165, 1.54) is 0 Å². The smallest absolute Gasteiger partial charge is 0.319 e. The van der Waals surface area contributed by atoms with Crippen molar-refractivity contribution in [1.82, 2.24) is 10.6 Å². The van der Waals surface area contributed by atoms with Crippen LogP contribution in [0.15, 0.2) is 24.3 Å². The molecule has 1 unspecified atom stereocenters. The number of hydrogen-bond donors (Lipinski definition) is 3. The maximum absolute atomic E-state index is 11.7. The summed E-state index contributed by atoms with van der Waals surface area (Å²) in [5.41, 5.74) is 0.958. The number of nitrogens with zero attached hydrogens (tertiary/aromatic N) is 1. The normalized spacial score (nSPS) is 11.1. The Kier molecular flexibility index (Phi) is 6.04. The molecule has 106 valence electrons. The minimum absolute atomic E-state index is 0.229. The van der Waals surface area contributed by atoms with Crippen LogP contribution in [0.3, 0.4) is 0 Å². The Balaban J connectivity index is 2.50. The third-order valence-electron chi connectivity index (χ3n) is 2.54. The fourth-order valence-electron chi connectivity index (χ4n) is 1.50. The van der Waals surface area contributed by atoms with Gasteiger partial charge < -0.3 is 16.0 Å². The Morgan fingerprint density at radius 1 is 1.40 bits per heavy atom. The molecule has 0 radical (unpaired) electrons. The van der Waals surface area contributed by atoms with Crippen LogP contribution in [0.1, 0.15) is 25.8 Å². The lowest BCUT2D eigenvalue weighted by atomic mass is 10.2. The van der Waals surface area contributed by atoms with Crippen molar-refractivity contribution in [3.63, 3.8) is 0 Å². The van der Waals surface area contributed by atoms with Crippen LogP contribution in [0.5, 0.6) is 0 Å². The van der Waals surface area contributed by atoms with Crippen molar-refractivity contribution < 1.29 is 9.59 Å². The van der Waals surface area contributed by atoms with Crippen molar-refractivity contribution in [2.45, 2.75) is 26.3 Å². The van der Waals surface area contributed by atoms with Crippen molar-refractivity contribution >= 4 is 17.6 Å². The van der Waals surface area contributed by atoms with Crippen LogP contribution in [-0.2, 0) is 4.79 Å². The van der Waals surface area contributed by atoms with Crippen LogP contribution in [-0.4, -0.2) is 24.5 Å². The van der Waals surface area contributed by atoms with Gasteiger partial charge in [0.2, 0.25) is 5.91 Å². The summed E-state index contributed by atoms with van der Waals surface area (Å²) in [6.45, 7) is 4.14. The van der Waals surface area contributed by atoms with Gasteiger partial charge in [0.05, 0.1) is 11.6 Å². The molecular formula is C14H18N4O2. The molecule has 3 N–H and O–H groups in total. The zero-order valence-corrected chi connectivity index (χ0v) is 11.6. The molecule has 20 heavy (non-hydrogen) atoms. The third kappa shape index (κ3) is 4.98. The predicted octanol–water partition coefficient (Wildman–Crippen LogP) is 1.59. The van der Waals surface area contributed by atoms with Gasteiger partial charge in [0.25, 0.3) is 0 Å². The topological polar surface area (TPSA) is 94.0 Å². The van der Waals surface area contributed by atoms with E-state index in [1.807, 2.05) is 13.0 Å². The third-order valence-corrected chi connectivity index (χ3v) is 2.54. The average molecular weight is 274 g/mol. The lowest BCUT2D eigenvalue weighted by Crippen LogP contribution is -2.46. The van der Waals surface area contributed by atoms with Crippen LogP contribution < -0.4 is 16.0 Å². The predicted molar refractivity (Wildman–Crippen MR) is 76.1 cm³/mol. The van der Waals surface area contributed by atoms with Crippen LogP contribution in [0, 0.1) is 11.3 Å². The second kappa shape index (κ2) is 7.79. The summed E-state index contributed by atoms with van der Waals surface area (Å²) in [6, 6.07) is 7.42. The fourth-order valence-corrected chi connectivity index (χ4v) is 1.50. The molecule has 0 aliphatic carbocycles. The fraction of sp³-hybridized carbons (Fsp3) is 0.357. The highest BCUT2D eigenvalue weighted by molar-refractivity contribution is 5.93. The number of hydrogen-bond acceptors (Lipinski definition) is 3. The van der Waals surface area contributed by atoms with Gasteiger partial charge in [-0.25, -0.2) is 4.79 Å². The Labute approximate surface area is 118 Å². The summed E-state index contributed by atoms with van der Waals surface area (Å²) in [5, 5.41) is 16.6. The maximum atomic E-state index is 11.7. The Bertz CT molecular complexity index is 522. The van der Waals surface area contributed by atoms with E-state index in [-0.39, 0.29) is 5.91 Å². The Morgan fingerprint density at radius 2 is 2.15 bits per heavy atom. The largest absolute Gasteiger partial charge is 0.354 e. The van der Waals surface area contributed by atoms with Crippen molar-refractivity contribution in [3.05, 3.63) is 29.8 Å². The first-order valence-electron chi connectivity index (χ1n) is 6.42. The van der Waals surface area contributed by atoms with Crippen molar-refractivity contribution in [1.29, 1.82) is 5.26 Å². The van der Waals surface area contributed by atoms with Gasteiger partial charge in [-0.05, 0) is 31.5 Å². The molecule has 0 aromatic heterocycles. The van der Waals surface area contributed by atoms with E-state index in [9.17, 15) is 9.59 Å². The highest BCUT2D eigenvalue weighted by Gasteiger charge is 2.14. The molecule has 0 fully saturated rings. The van der Waals surface area contributed by atoms with Gasteiger partial charge in [-0.2, -0.15) is 5.26 Å². The molecule has 6 heteroatoms. The molecule has 0 heterocycles. The summed E-state index contributed by atoms with van der Waals surface area (Å²) >= 11 is 0. The number of amides is 3. The lowest BCUT2D eigenvalue weighted by Gasteiger charge is -2.14. The van der Waals surface area contributed by atoms with Gasteiger partial charge in [0.15, 0.2) is 0 Å². The van der Waals surface area contributed by atoms with Crippen LogP contribution >= 0.6 is 0 Å². The number of carbonyl (C=O) groups excluding carboxylic acids is 2. The summed E-state index contributed by atoms with van der Waals surface area (Å²) < 4.78 is 0. The van der Waals surface area contributed by atoms with Gasteiger partial charge in [-0.1, -0.05) is 13.0 Å². The molecule has 0 aliphatic rings. The number of urea groups is 1. The molecule has 0 spiro atoms. The summed E-state index contributed by atoms with van der Waals surface area (Å²) in [4.78, 5) is 23.3. The highest BCUT2D eigenvalue weighted by Crippen LogP contribution is 2.09. The Hall–Kier alpha value is -2.55. The van der Waals surface area contributed by atoms with Gasteiger partial charge in [0.1, 0.15) is 6.04 Å². The first kappa shape index (κ1) is 15.5. The first-order valence-corrected chi connectivity index (χ1v) is 6.42. The summed E-state index contributed by atoms with van der Waals surface area (Å²) in [5.74, 6) is -0.229. The monoisotopic (exact) mass is 274 g/mol. The van der Waals surface area contributed by atoms with E-state index in [4.69, 9.17) is 5.26 Å². The average Bonchev–Trinajstić information content (AvgIpc) is 2.44. The molecule has 0 aliphatic heterocycles. The van der Waals surface area contributed by atoms with E-state index in [2.05, 4.69) is 16.0 Å². The molecule has 1 atom stereocenters. The van der Waals surface area contributed by atoms with Crippen LogP contribution in [0.4, 0.5) is 10.5 Å². The van der Waals surface area contributed by atoms with Gasteiger partial charge in [0, 0.05) is 12.2 Å². The zero-order valence-electron chi connectivity index (χ0n) is 11.6. The van der Waals surface area contributed by atoms with Gasteiger partial charge >= 0.3 is 6.03 Å². The number of nitrogens with one attached hydrogen (secondary N) is 3. The number of rotatable bonds is 5. The van der Waals surface area contributed by atoms with Gasteiger partial charge in [-0.3, -0.25) is 4.79 Å². The summed E-state index contributed by atoms with van der Waals surface area (Å²) in [7, 11) is 0. The molecule has 0 saturated carbocycles. The molecule has 1 aromatic carbocycles. The van der Waals surface area contributed by atoms with E-state index in [1.54, 1.807) is 31.2 Å². The number of carbonyl (C=O) groups is 2. The van der Waals surface area contributed by atoms with E-state index >= 15 is 0 Å². The van der Waals surface area contributed by atoms with E-state index in [0.29, 0.717) is 17.8 Å². The van der Waals surface area contributed by atoms with E-state index in [0.717, 1.165) is 6.42 Å². The number of nitriles is 1. The molecule has 0 saturated heterocycles. The van der Waals surface area contributed by atoms with E-state index < -0.39 is 12.1 Å². The van der Waals surface area contributed by atoms with Crippen molar-refractivity contribution in [3.8, 4) is 6.07 Å². The SMILES string of the molecule is CCCNC(=O)C(C)NC(=O)Nc1cccc(C#N)c1. The minimum Gasteiger partial charge on any atom is -0.354 e. The molecule has 1 rings (SSSR count). The number of anilines is 1. The van der Waals surface area contributed by atoms with Crippen LogP contribution in [0.25, 0.3) is 0 Å². The zero-order chi connectivity index (χ0) is 15.0. The maximum Gasteiger partial charge on any atom is 0.319 e. The molecule has 3 amide bonds. The second-order valence-electron chi connectivity index (χ2n) is 4.30. The van der Waals surface area contributed by atoms with Gasteiger partial charge in [-0.15, -0.1) is 0 Å². The van der Waals surface area contributed by atoms with Crippen LogP contribution in [0.2, 0.25) is 0 Å². The Morgan fingerprint density at radius 3 is 2.80 bits per heavy atom. The molecule has 0 bridgehead atoms. The minimum atomic E-state index is -0.624. The van der Waals surface area contributed by atoms with Crippen molar-refractivity contribution in [2.24, 2.45) is 0 Å². The first-order chi connectivity index (χ1) is 9.56. The van der Waals surface area contributed by atoms with Crippen molar-refractivity contribution in [2.75, 3.05) is 11.9 Å². The highest BCUT2D eigenvalue weighted by atomic mass is 16.2. The standard InChI is InChI=1S/C14H18N4O2/c1-3-7-16-13(19)10(2)17-14(20)18-12-6-4-5-11(8-12)9-15/h4-6,8,10H,3,7H2,1-2H3,(H,16,19)(H2,17,18,20). The summed E-state index contributed by atoms with van der Waals surface area (Å²) in [6.07, 6.45) is 0.839. The quantitative estimate of drug-likeness (QED) is 0.761. The molecule has 6 nitrogen and oxygen atoms in total. The number of benzene rings is 1. The lowest BCUT2D eigenvalue weighted by molar-refractivity contribution is -0.122. The molecule has 1 aromatic rings. The second-order valence-corrected chi connectivity index (χ2v) is 4.30. The molecular weight excluding hydrogens is 256 g/mol.